The Morgan fingerprint density at radius 2 is 1.86 bits per heavy atom. The van der Waals surface area contributed by atoms with E-state index >= 15 is 0 Å². The Kier molecular flexibility index (Phi) is 4.47. The Balaban J connectivity index is 1.66. The van der Waals surface area contributed by atoms with E-state index in [1.165, 1.54) is 12.1 Å². The number of aromatic amines is 1. The Labute approximate surface area is 162 Å². The van der Waals surface area contributed by atoms with Crippen LogP contribution in [0.3, 0.4) is 0 Å². The molecule has 28 heavy (non-hydrogen) atoms. The minimum atomic E-state index is -0.324. The first kappa shape index (κ1) is 18.0. The first-order valence-electron chi connectivity index (χ1n) is 9.05. The number of para-hydroxylation sites is 1. The lowest BCUT2D eigenvalue weighted by molar-refractivity contribution is 0.442. The summed E-state index contributed by atoms with van der Waals surface area (Å²) in [4.78, 5) is 11.9. The maximum absolute atomic E-state index is 13.4. The molecule has 0 saturated heterocycles. The standard InChI is InChI=1S/C22H21FN4O/c1-22(2,3)15-7-4-5-9-19(15)28-20-17(8-6-12-24-20)26-21-25-16-11-10-14(23)13-18(16)27-21/h4-13H,1-3H3,(H2,25,26,27). The van der Waals surface area contributed by atoms with E-state index in [1.807, 2.05) is 30.3 Å². The molecule has 2 aromatic heterocycles. The van der Waals surface area contributed by atoms with Crippen molar-refractivity contribution in [3.05, 3.63) is 72.2 Å². The number of H-pyrrole nitrogens is 1. The Bertz CT molecular complexity index is 1130. The molecule has 0 radical (unpaired) electrons. The summed E-state index contributed by atoms with van der Waals surface area (Å²) in [5, 5.41) is 3.18. The summed E-state index contributed by atoms with van der Waals surface area (Å²) >= 11 is 0. The van der Waals surface area contributed by atoms with E-state index in [-0.39, 0.29) is 11.2 Å². The van der Waals surface area contributed by atoms with Gasteiger partial charge in [-0.05, 0) is 35.7 Å². The van der Waals surface area contributed by atoms with Gasteiger partial charge in [0.15, 0.2) is 0 Å². The molecule has 0 aliphatic rings. The van der Waals surface area contributed by atoms with Crippen LogP contribution in [0.15, 0.2) is 60.8 Å². The van der Waals surface area contributed by atoms with Crippen LogP contribution >= 0.6 is 0 Å². The van der Waals surface area contributed by atoms with E-state index < -0.39 is 0 Å². The highest BCUT2D eigenvalue weighted by Gasteiger charge is 2.20. The van der Waals surface area contributed by atoms with Crippen molar-refractivity contribution in [3.63, 3.8) is 0 Å². The quantitative estimate of drug-likeness (QED) is 0.463. The smallest absolute Gasteiger partial charge is 0.243 e. The summed E-state index contributed by atoms with van der Waals surface area (Å²) in [6.07, 6.45) is 1.67. The van der Waals surface area contributed by atoms with E-state index in [0.29, 0.717) is 23.0 Å². The van der Waals surface area contributed by atoms with Gasteiger partial charge in [-0.15, -0.1) is 0 Å². The average molecular weight is 376 g/mol. The number of nitrogens with zero attached hydrogens (tertiary/aromatic N) is 2. The van der Waals surface area contributed by atoms with Crippen molar-refractivity contribution in [3.8, 4) is 11.6 Å². The molecule has 0 saturated carbocycles. The average Bonchev–Trinajstić information content (AvgIpc) is 3.04. The second-order valence-corrected chi connectivity index (χ2v) is 7.58. The van der Waals surface area contributed by atoms with E-state index in [2.05, 4.69) is 47.1 Å². The van der Waals surface area contributed by atoms with Crippen LogP contribution in [0.2, 0.25) is 0 Å². The van der Waals surface area contributed by atoms with Crippen LogP contribution in [0, 0.1) is 5.82 Å². The van der Waals surface area contributed by atoms with Gasteiger partial charge < -0.3 is 15.0 Å². The van der Waals surface area contributed by atoms with Crippen molar-refractivity contribution >= 4 is 22.7 Å². The van der Waals surface area contributed by atoms with Crippen molar-refractivity contribution in [2.75, 3.05) is 5.32 Å². The number of nitrogens with one attached hydrogen (secondary N) is 2. The van der Waals surface area contributed by atoms with Gasteiger partial charge in [-0.3, -0.25) is 0 Å². The number of ether oxygens (including phenoxy) is 1. The number of benzene rings is 2. The predicted molar refractivity (Wildman–Crippen MR) is 109 cm³/mol. The number of halogens is 1. The fourth-order valence-corrected chi connectivity index (χ4v) is 3.01. The van der Waals surface area contributed by atoms with Gasteiger partial charge in [0.25, 0.3) is 0 Å². The van der Waals surface area contributed by atoms with Gasteiger partial charge in [0.2, 0.25) is 11.8 Å². The molecule has 0 bridgehead atoms. The molecule has 0 spiro atoms. The number of hydrogen-bond donors (Lipinski definition) is 2. The molecule has 142 valence electrons. The molecule has 5 nitrogen and oxygen atoms in total. The largest absolute Gasteiger partial charge is 0.437 e. The second-order valence-electron chi connectivity index (χ2n) is 7.58. The zero-order chi connectivity index (χ0) is 19.7. The van der Waals surface area contributed by atoms with Gasteiger partial charge in [0, 0.05) is 17.8 Å². The van der Waals surface area contributed by atoms with Crippen molar-refractivity contribution in [1.29, 1.82) is 0 Å². The van der Waals surface area contributed by atoms with Gasteiger partial charge in [0.1, 0.15) is 17.3 Å². The molecule has 2 heterocycles. The highest BCUT2D eigenvalue weighted by molar-refractivity contribution is 5.78. The number of fused-ring (bicyclic) bond motifs is 1. The third kappa shape index (κ3) is 3.67. The highest BCUT2D eigenvalue weighted by atomic mass is 19.1. The van der Waals surface area contributed by atoms with Gasteiger partial charge in [0.05, 0.1) is 11.0 Å². The summed E-state index contributed by atoms with van der Waals surface area (Å²) < 4.78 is 19.6. The molecule has 4 aromatic rings. The van der Waals surface area contributed by atoms with Gasteiger partial charge >= 0.3 is 0 Å². The first-order chi connectivity index (χ1) is 13.4. The Morgan fingerprint density at radius 3 is 2.68 bits per heavy atom. The summed E-state index contributed by atoms with van der Waals surface area (Å²) in [6.45, 7) is 6.42. The molecule has 0 amide bonds. The van der Waals surface area contributed by atoms with Crippen LogP contribution in [0.1, 0.15) is 26.3 Å². The molecule has 0 aliphatic carbocycles. The molecule has 0 atom stereocenters. The Morgan fingerprint density at radius 1 is 1.04 bits per heavy atom. The first-order valence-corrected chi connectivity index (χ1v) is 9.05. The fraction of sp³-hybridized carbons (Fsp3) is 0.182. The lowest BCUT2D eigenvalue weighted by Crippen LogP contribution is -2.12. The third-order valence-corrected chi connectivity index (χ3v) is 4.37. The number of rotatable bonds is 4. The SMILES string of the molecule is CC(C)(C)c1ccccc1Oc1ncccc1Nc1nc2cc(F)ccc2[nH]1. The van der Waals surface area contributed by atoms with E-state index in [0.717, 1.165) is 16.8 Å². The van der Waals surface area contributed by atoms with Crippen LogP contribution in [0.5, 0.6) is 11.6 Å². The number of anilines is 2. The molecular formula is C22H21FN4O. The van der Waals surface area contributed by atoms with Gasteiger partial charge in [-0.2, -0.15) is 0 Å². The number of hydrogen-bond acceptors (Lipinski definition) is 4. The number of imidazole rings is 1. The summed E-state index contributed by atoms with van der Waals surface area (Å²) in [5.74, 6) is 1.35. The number of aromatic nitrogens is 3. The zero-order valence-corrected chi connectivity index (χ0v) is 16.0. The fourth-order valence-electron chi connectivity index (χ4n) is 3.01. The Hall–Kier alpha value is -3.41. The monoisotopic (exact) mass is 376 g/mol. The van der Waals surface area contributed by atoms with Crippen LogP contribution in [-0.2, 0) is 5.41 Å². The molecule has 0 unspecified atom stereocenters. The van der Waals surface area contributed by atoms with Gasteiger partial charge in [-0.1, -0.05) is 39.0 Å². The van der Waals surface area contributed by atoms with E-state index in [1.54, 1.807) is 12.3 Å². The zero-order valence-electron chi connectivity index (χ0n) is 16.0. The lowest BCUT2D eigenvalue weighted by Gasteiger charge is -2.22. The van der Waals surface area contributed by atoms with Crippen molar-refractivity contribution in [2.45, 2.75) is 26.2 Å². The van der Waals surface area contributed by atoms with Crippen molar-refractivity contribution in [2.24, 2.45) is 0 Å². The topological polar surface area (TPSA) is 62.8 Å². The molecule has 0 aliphatic heterocycles. The summed E-state index contributed by atoms with van der Waals surface area (Å²) in [6, 6.07) is 16.0. The normalized spacial score (nSPS) is 11.6. The summed E-state index contributed by atoms with van der Waals surface area (Å²) in [5.41, 5.74) is 2.97. The predicted octanol–water partition coefficient (Wildman–Crippen LogP) is 5.93. The minimum Gasteiger partial charge on any atom is -0.437 e. The molecule has 4 rings (SSSR count). The third-order valence-electron chi connectivity index (χ3n) is 4.37. The second kappa shape index (κ2) is 6.96. The molecular weight excluding hydrogens is 355 g/mol. The molecule has 0 fully saturated rings. The number of pyridine rings is 1. The van der Waals surface area contributed by atoms with E-state index in [9.17, 15) is 4.39 Å². The maximum Gasteiger partial charge on any atom is 0.243 e. The van der Waals surface area contributed by atoms with E-state index in [4.69, 9.17) is 4.74 Å². The molecule has 6 heteroatoms. The van der Waals surface area contributed by atoms with Gasteiger partial charge in [-0.25, -0.2) is 14.4 Å². The van der Waals surface area contributed by atoms with Crippen molar-refractivity contribution in [1.82, 2.24) is 15.0 Å². The van der Waals surface area contributed by atoms with Crippen LogP contribution in [0.4, 0.5) is 16.0 Å². The minimum absolute atomic E-state index is 0.0677. The van der Waals surface area contributed by atoms with Crippen LogP contribution < -0.4 is 10.1 Å². The summed E-state index contributed by atoms with van der Waals surface area (Å²) in [7, 11) is 0. The van der Waals surface area contributed by atoms with Crippen LogP contribution in [-0.4, -0.2) is 15.0 Å². The maximum atomic E-state index is 13.4. The van der Waals surface area contributed by atoms with Crippen molar-refractivity contribution < 1.29 is 9.13 Å². The molecule has 2 N–H and O–H groups in total. The lowest BCUT2D eigenvalue weighted by atomic mass is 9.86. The van der Waals surface area contributed by atoms with Crippen LogP contribution in [0.25, 0.3) is 11.0 Å². The highest BCUT2D eigenvalue weighted by Crippen LogP contribution is 2.36. The molecule has 2 aromatic carbocycles.